The van der Waals surface area contributed by atoms with Crippen LogP contribution in [-0.4, -0.2) is 68.3 Å². The second kappa shape index (κ2) is 11.0. The van der Waals surface area contributed by atoms with Crippen LogP contribution in [0.4, 0.5) is 10.6 Å². The van der Waals surface area contributed by atoms with Gasteiger partial charge in [-0.25, -0.2) is 9.78 Å². The van der Waals surface area contributed by atoms with Crippen LogP contribution in [0.5, 0.6) is 0 Å². The van der Waals surface area contributed by atoms with E-state index < -0.39 is 0 Å². The number of nitrogens with zero attached hydrogens (tertiary/aromatic N) is 5. The van der Waals surface area contributed by atoms with Gasteiger partial charge in [0.2, 0.25) is 0 Å². The zero-order valence-electron chi connectivity index (χ0n) is 21.1. The predicted molar refractivity (Wildman–Crippen MR) is 152 cm³/mol. The normalized spacial score (nSPS) is 17.9. The third-order valence-corrected chi connectivity index (χ3v) is 7.95. The summed E-state index contributed by atoms with van der Waals surface area (Å²) in [7, 11) is 0. The molecular weight excluding hydrogens is 522 g/mol. The van der Waals surface area contributed by atoms with Crippen molar-refractivity contribution < 1.29 is 14.3 Å². The van der Waals surface area contributed by atoms with Crippen LogP contribution in [0.15, 0.2) is 64.4 Å². The molecule has 5 rings (SSSR count). The molecule has 0 spiro atoms. The minimum Gasteiger partial charge on any atom is -0.450 e. The lowest BCUT2D eigenvalue weighted by Crippen LogP contribution is -2.49. The van der Waals surface area contributed by atoms with E-state index in [1.54, 1.807) is 41.1 Å². The molecule has 9 nitrogen and oxygen atoms in total. The van der Waals surface area contributed by atoms with Crippen LogP contribution in [0.2, 0.25) is 0 Å². The van der Waals surface area contributed by atoms with Crippen LogP contribution in [0, 0.1) is 0 Å². The van der Waals surface area contributed by atoms with Crippen molar-refractivity contribution in [1.29, 1.82) is 0 Å². The number of anilines is 1. The van der Waals surface area contributed by atoms with Crippen LogP contribution in [0.25, 0.3) is 11.7 Å². The Bertz CT molecular complexity index is 1480. The Hall–Kier alpha value is -3.70. The van der Waals surface area contributed by atoms with Crippen LogP contribution in [0.3, 0.4) is 0 Å². The Morgan fingerprint density at radius 1 is 1.11 bits per heavy atom. The van der Waals surface area contributed by atoms with E-state index in [4.69, 9.17) is 21.9 Å². The molecule has 196 valence electrons. The quantitative estimate of drug-likeness (QED) is 0.350. The highest BCUT2D eigenvalue weighted by Gasteiger charge is 2.36. The Balaban J connectivity index is 1.51. The summed E-state index contributed by atoms with van der Waals surface area (Å²) in [6.07, 6.45) is 2.92. The lowest BCUT2D eigenvalue weighted by atomic mass is 10.1. The summed E-state index contributed by atoms with van der Waals surface area (Å²) < 4.78 is 7.04. The largest absolute Gasteiger partial charge is 0.450 e. The number of pyridine rings is 1. The first kappa shape index (κ1) is 25.9. The van der Waals surface area contributed by atoms with Crippen molar-refractivity contribution in [3.63, 3.8) is 0 Å². The van der Waals surface area contributed by atoms with E-state index in [1.165, 1.54) is 16.2 Å². The number of fused-ring (bicyclic) bond motifs is 1. The highest BCUT2D eigenvalue weighted by molar-refractivity contribution is 8.26. The second-order valence-electron chi connectivity index (χ2n) is 8.89. The number of carbonyl (C=O) groups excluding carboxylic acids is 2. The number of hydrogen-bond donors (Lipinski definition) is 0. The Kier molecular flexibility index (Phi) is 7.48. The number of aromatic nitrogens is 2. The molecule has 3 aromatic rings. The molecule has 2 aliphatic rings. The maximum Gasteiger partial charge on any atom is 0.409 e. The van der Waals surface area contributed by atoms with Crippen molar-refractivity contribution in [2.45, 2.75) is 19.9 Å². The number of ether oxygens (including phenoxy) is 1. The maximum atomic E-state index is 13.7. The Labute approximate surface area is 229 Å². The van der Waals surface area contributed by atoms with Crippen molar-refractivity contribution >= 4 is 57.8 Å². The van der Waals surface area contributed by atoms with Gasteiger partial charge in [-0.3, -0.25) is 18.9 Å². The van der Waals surface area contributed by atoms with E-state index in [0.717, 1.165) is 5.56 Å². The summed E-state index contributed by atoms with van der Waals surface area (Å²) in [5, 5.41) is 0. The van der Waals surface area contributed by atoms with Crippen molar-refractivity contribution in [1.82, 2.24) is 19.2 Å². The first-order valence-corrected chi connectivity index (χ1v) is 13.6. The van der Waals surface area contributed by atoms with E-state index in [9.17, 15) is 14.4 Å². The topological polar surface area (TPSA) is 87.5 Å². The Morgan fingerprint density at radius 2 is 1.82 bits per heavy atom. The first-order valence-electron chi connectivity index (χ1n) is 12.4. The van der Waals surface area contributed by atoms with E-state index in [1.807, 2.05) is 48.2 Å². The van der Waals surface area contributed by atoms with Gasteiger partial charge in [0.25, 0.3) is 11.5 Å². The van der Waals surface area contributed by atoms with Crippen LogP contribution in [-0.2, 0) is 9.53 Å². The summed E-state index contributed by atoms with van der Waals surface area (Å²) in [6.45, 7) is 5.84. The fraction of sp³-hybridized carbons (Fsp3) is 0.296. The van der Waals surface area contributed by atoms with Gasteiger partial charge >= 0.3 is 6.09 Å². The maximum absolute atomic E-state index is 13.7. The molecule has 2 aliphatic heterocycles. The lowest BCUT2D eigenvalue weighted by molar-refractivity contribution is -0.123. The minimum atomic E-state index is -0.352. The van der Waals surface area contributed by atoms with Gasteiger partial charge in [-0.15, -0.1) is 0 Å². The van der Waals surface area contributed by atoms with E-state index in [0.29, 0.717) is 59.0 Å². The highest BCUT2D eigenvalue weighted by Crippen LogP contribution is 2.38. The average molecular weight is 550 g/mol. The number of benzene rings is 1. The van der Waals surface area contributed by atoms with Gasteiger partial charge in [0.15, 0.2) is 0 Å². The zero-order valence-corrected chi connectivity index (χ0v) is 22.7. The molecule has 2 saturated heterocycles. The summed E-state index contributed by atoms with van der Waals surface area (Å²) >= 11 is 6.77. The third kappa shape index (κ3) is 4.91. The molecule has 38 heavy (non-hydrogen) atoms. The standard InChI is InChI=1S/C27H27N5O4S2/c1-3-36-26(35)30-15-13-29(14-16-30)23-20(24(33)31-12-8-7-11-22(31)28-23)17-21-25(34)32(27(37)38-21)18(2)19-9-5-4-6-10-19/h4-12,17-18H,3,13-16H2,1-2H3/b21-17+. The van der Waals surface area contributed by atoms with Crippen LogP contribution >= 0.6 is 24.0 Å². The molecule has 0 aliphatic carbocycles. The number of carbonyl (C=O) groups is 2. The van der Waals surface area contributed by atoms with Gasteiger partial charge in [0, 0.05) is 32.4 Å². The smallest absolute Gasteiger partial charge is 0.409 e. The fourth-order valence-electron chi connectivity index (χ4n) is 4.60. The predicted octanol–water partition coefficient (Wildman–Crippen LogP) is 3.94. The molecule has 1 atom stereocenters. The summed E-state index contributed by atoms with van der Waals surface area (Å²) in [4.78, 5) is 49.7. The van der Waals surface area contributed by atoms with Gasteiger partial charge in [-0.2, -0.15) is 0 Å². The van der Waals surface area contributed by atoms with E-state index in [2.05, 4.69) is 0 Å². The Morgan fingerprint density at radius 3 is 2.53 bits per heavy atom. The molecule has 0 radical (unpaired) electrons. The number of piperazine rings is 1. The zero-order chi connectivity index (χ0) is 26.8. The number of thiocarbonyl (C=S) groups is 1. The van der Waals surface area contributed by atoms with E-state index in [-0.39, 0.29) is 23.6 Å². The summed E-state index contributed by atoms with van der Waals surface area (Å²) in [5.74, 6) is 0.234. The monoisotopic (exact) mass is 549 g/mol. The van der Waals surface area contributed by atoms with E-state index >= 15 is 0 Å². The minimum absolute atomic E-state index is 0.244. The number of rotatable bonds is 5. The van der Waals surface area contributed by atoms with Gasteiger partial charge < -0.3 is 14.5 Å². The van der Waals surface area contributed by atoms with Gasteiger partial charge in [-0.1, -0.05) is 60.4 Å². The lowest BCUT2D eigenvalue weighted by Gasteiger charge is -2.35. The van der Waals surface area contributed by atoms with Crippen molar-refractivity contribution in [2.24, 2.45) is 0 Å². The number of hydrogen-bond acceptors (Lipinski definition) is 8. The first-order chi connectivity index (χ1) is 18.4. The molecule has 1 aromatic carbocycles. The molecule has 0 bridgehead atoms. The molecule has 11 heteroatoms. The van der Waals surface area contributed by atoms with Crippen molar-refractivity contribution in [2.75, 3.05) is 37.7 Å². The van der Waals surface area contributed by atoms with Crippen LogP contribution in [0.1, 0.15) is 31.0 Å². The SMILES string of the molecule is CCOC(=O)N1CCN(c2nc3ccccn3c(=O)c2/C=C2/SC(=S)N(C(C)c3ccccc3)C2=O)CC1. The fourth-order valence-corrected chi connectivity index (χ4v) is 6.00. The molecule has 2 amide bonds. The van der Waals surface area contributed by atoms with Gasteiger partial charge in [0.1, 0.15) is 15.8 Å². The summed E-state index contributed by atoms with van der Waals surface area (Å²) in [6, 6.07) is 14.8. The third-order valence-electron chi connectivity index (χ3n) is 6.62. The van der Waals surface area contributed by atoms with Gasteiger partial charge in [-0.05, 0) is 37.6 Å². The molecular formula is C27H27N5O4S2. The van der Waals surface area contributed by atoms with Crippen LogP contribution < -0.4 is 10.5 Å². The second-order valence-corrected chi connectivity index (χ2v) is 10.6. The summed E-state index contributed by atoms with van der Waals surface area (Å²) in [5.41, 5.74) is 1.51. The molecule has 2 aromatic heterocycles. The molecule has 0 saturated carbocycles. The number of amides is 2. The highest BCUT2D eigenvalue weighted by atomic mass is 32.2. The van der Waals surface area contributed by atoms with Gasteiger partial charge in [0.05, 0.1) is 23.1 Å². The average Bonchev–Trinajstić information content (AvgIpc) is 3.22. The molecule has 1 unspecified atom stereocenters. The molecule has 0 N–H and O–H groups in total. The van der Waals surface area contributed by atoms with Crippen molar-refractivity contribution in [3.8, 4) is 0 Å². The molecule has 4 heterocycles. The number of thioether (sulfide) groups is 1. The molecule has 2 fully saturated rings. The van der Waals surface area contributed by atoms with Crippen molar-refractivity contribution in [3.05, 3.63) is 81.1 Å².